The summed E-state index contributed by atoms with van der Waals surface area (Å²) in [5.74, 6) is -1.30. The van der Waals surface area contributed by atoms with Crippen LogP contribution in [0.25, 0.3) is 6.08 Å². The Morgan fingerprint density at radius 1 is 1.55 bits per heavy atom. The third-order valence-electron chi connectivity index (χ3n) is 2.67. The van der Waals surface area contributed by atoms with Gasteiger partial charge in [0, 0.05) is 24.1 Å². The van der Waals surface area contributed by atoms with E-state index in [0.29, 0.717) is 22.2 Å². The number of thiocarbonyl (C=S) groups is 1. The SMILES string of the molecule is O=C([O-])CCCN1C(=O)C(=Cc2ccc[nH+]c2)SC1=S. The Labute approximate surface area is 125 Å². The number of nitrogens with one attached hydrogen (secondary N) is 1. The van der Waals surface area contributed by atoms with Crippen LogP contribution in [0.5, 0.6) is 0 Å². The number of H-pyrrole nitrogens is 1. The highest BCUT2D eigenvalue weighted by Crippen LogP contribution is 2.32. The first kappa shape index (κ1) is 14.7. The Morgan fingerprint density at radius 2 is 2.35 bits per heavy atom. The van der Waals surface area contributed by atoms with Crippen molar-refractivity contribution in [2.45, 2.75) is 12.8 Å². The molecule has 0 aliphatic carbocycles. The second-order valence-corrected chi connectivity index (χ2v) is 5.82. The summed E-state index contributed by atoms with van der Waals surface area (Å²) in [7, 11) is 0. The molecule has 0 aromatic carbocycles. The van der Waals surface area contributed by atoms with Gasteiger partial charge in [0.15, 0.2) is 12.4 Å². The number of pyridine rings is 1. The summed E-state index contributed by atoms with van der Waals surface area (Å²) >= 11 is 6.37. The van der Waals surface area contributed by atoms with Crippen molar-refractivity contribution in [3.8, 4) is 0 Å². The topological polar surface area (TPSA) is 74.6 Å². The molecule has 1 aliphatic heterocycles. The number of amides is 1. The van der Waals surface area contributed by atoms with Gasteiger partial charge >= 0.3 is 0 Å². The standard InChI is InChI=1S/C13H12N2O3S2/c16-11(17)4-2-6-15-12(18)10(20-13(15)19)7-9-3-1-5-14-8-9/h1,3,5,7-8H,2,4,6H2,(H,16,17). The van der Waals surface area contributed by atoms with E-state index < -0.39 is 5.97 Å². The number of hydrogen-bond acceptors (Lipinski definition) is 5. The summed E-state index contributed by atoms with van der Waals surface area (Å²) < 4.78 is 0.458. The number of aromatic amines is 1. The minimum absolute atomic E-state index is 0.0796. The van der Waals surface area contributed by atoms with Gasteiger partial charge in [-0.1, -0.05) is 24.0 Å². The second-order valence-electron chi connectivity index (χ2n) is 4.15. The zero-order valence-electron chi connectivity index (χ0n) is 10.5. The minimum Gasteiger partial charge on any atom is -0.550 e. The highest BCUT2D eigenvalue weighted by atomic mass is 32.2. The number of carbonyl (C=O) groups is 2. The molecule has 1 aromatic heterocycles. The molecule has 1 aliphatic rings. The van der Waals surface area contributed by atoms with E-state index >= 15 is 0 Å². The van der Waals surface area contributed by atoms with Crippen molar-refractivity contribution < 1.29 is 19.7 Å². The molecule has 2 rings (SSSR count). The van der Waals surface area contributed by atoms with E-state index in [1.165, 1.54) is 16.7 Å². The molecule has 7 heteroatoms. The van der Waals surface area contributed by atoms with E-state index in [4.69, 9.17) is 12.2 Å². The number of aromatic nitrogens is 1. The van der Waals surface area contributed by atoms with Crippen LogP contribution in [-0.2, 0) is 9.59 Å². The Hall–Kier alpha value is -1.73. The van der Waals surface area contributed by atoms with E-state index in [0.717, 1.165) is 5.56 Å². The van der Waals surface area contributed by atoms with Crippen molar-refractivity contribution in [1.29, 1.82) is 0 Å². The molecule has 1 aromatic rings. The first-order valence-electron chi connectivity index (χ1n) is 5.99. The predicted molar refractivity (Wildman–Crippen MR) is 77.1 cm³/mol. The van der Waals surface area contributed by atoms with E-state index in [1.54, 1.807) is 18.5 Å². The van der Waals surface area contributed by atoms with Crippen molar-refractivity contribution >= 4 is 46.3 Å². The van der Waals surface area contributed by atoms with E-state index in [-0.39, 0.29) is 12.3 Å². The summed E-state index contributed by atoms with van der Waals surface area (Å²) in [5.41, 5.74) is 0.878. The summed E-state index contributed by atoms with van der Waals surface area (Å²) in [6, 6.07) is 3.71. The van der Waals surface area contributed by atoms with Crippen LogP contribution in [0.1, 0.15) is 18.4 Å². The molecule has 1 fully saturated rings. The number of carboxylic acids is 1. The predicted octanol–water partition coefficient (Wildman–Crippen LogP) is 0.232. The minimum atomic E-state index is -1.12. The third kappa shape index (κ3) is 3.64. The maximum atomic E-state index is 12.2. The molecule has 1 saturated heterocycles. The van der Waals surface area contributed by atoms with Crippen LogP contribution < -0.4 is 10.1 Å². The van der Waals surface area contributed by atoms with Gasteiger partial charge in [-0.15, -0.1) is 0 Å². The van der Waals surface area contributed by atoms with Gasteiger partial charge in [0.25, 0.3) is 5.91 Å². The quantitative estimate of drug-likeness (QED) is 0.575. The fourth-order valence-corrected chi connectivity index (χ4v) is 3.03. The van der Waals surface area contributed by atoms with Crippen molar-refractivity contribution in [1.82, 2.24) is 4.90 Å². The van der Waals surface area contributed by atoms with Crippen LogP contribution in [-0.4, -0.2) is 27.6 Å². The first-order valence-corrected chi connectivity index (χ1v) is 7.22. The van der Waals surface area contributed by atoms with Gasteiger partial charge in [0.2, 0.25) is 0 Å². The number of hydrogen-bond donors (Lipinski definition) is 0. The average molecular weight is 308 g/mol. The fraction of sp³-hybridized carbons (Fsp3) is 0.231. The van der Waals surface area contributed by atoms with Crippen molar-refractivity contribution in [3.05, 3.63) is 35.0 Å². The molecule has 0 bridgehead atoms. The van der Waals surface area contributed by atoms with Crippen LogP contribution in [0.2, 0.25) is 0 Å². The Balaban J connectivity index is 2.05. The molecule has 0 spiro atoms. The molecule has 1 N–H and O–H groups in total. The Bertz CT molecular complexity index is 572. The summed E-state index contributed by atoms with van der Waals surface area (Å²) in [6.07, 6.45) is 5.57. The van der Waals surface area contributed by atoms with Crippen molar-refractivity contribution in [2.75, 3.05) is 6.54 Å². The van der Waals surface area contributed by atoms with E-state index in [9.17, 15) is 14.7 Å². The van der Waals surface area contributed by atoms with E-state index in [2.05, 4.69) is 4.98 Å². The number of thioether (sulfide) groups is 1. The van der Waals surface area contributed by atoms with Crippen molar-refractivity contribution in [3.63, 3.8) is 0 Å². The van der Waals surface area contributed by atoms with Crippen molar-refractivity contribution in [2.24, 2.45) is 0 Å². The van der Waals surface area contributed by atoms with Crippen LogP contribution in [0.4, 0.5) is 0 Å². The zero-order chi connectivity index (χ0) is 14.5. The Morgan fingerprint density at radius 3 is 3.00 bits per heavy atom. The van der Waals surface area contributed by atoms with Gasteiger partial charge in [-0.25, -0.2) is 4.98 Å². The van der Waals surface area contributed by atoms with Gasteiger partial charge in [-0.2, -0.15) is 0 Å². The van der Waals surface area contributed by atoms with Crippen LogP contribution >= 0.6 is 24.0 Å². The van der Waals surface area contributed by atoms with E-state index in [1.807, 2.05) is 12.1 Å². The smallest absolute Gasteiger partial charge is 0.266 e. The number of nitrogens with zero attached hydrogens (tertiary/aromatic N) is 1. The number of rotatable bonds is 5. The first-order chi connectivity index (χ1) is 9.58. The number of aliphatic carboxylic acids is 1. The monoisotopic (exact) mass is 308 g/mol. The summed E-state index contributed by atoms with van der Waals surface area (Å²) in [4.78, 5) is 27.5. The zero-order valence-corrected chi connectivity index (χ0v) is 12.1. The Kier molecular flexibility index (Phi) is 4.86. The molecule has 2 heterocycles. The van der Waals surface area contributed by atoms with Gasteiger partial charge in [-0.05, 0) is 25.0 Å². The molecule has 20 heavy (non-hydrogen) atoms. The van der Waals surface area contributed by atoms with Crippen LogP contribution in [0.15, 0.2) is 29.4 Å². The molecule has 1 amide bonds. The molecule has 0 atom stereocenters. The lowest BCUT2D eigenvalue weighted by molar-refractivity contribution is -0.378. The average Bonchev–Trinajstić information content (AvgIpc) is 2.67. The molecule has 104 valence electrons. The molecule has 5 nitrogen and oxygen atoms in total. The molecule has 0 radical (unpaired) electrons. The highest BCUT2D eigenvalue weighted by molar-refractivity contribution is 8.26. The van der Waals surface area contributed by atoms with Crippen LogP contribution in [0.3, 0.4) is 0 Å². The summed E-state index contributed by atoms with van der Waals surface area (Å²) in [5, 5.41) is 10.4. The summed E-state index contributed by atoms with van der Waals surface area (Å²) in [6.45, 7) is 0.302. The largest absolute Gasteiger partial charge is 0.550 e. The fourth-order valence-electron chi connectivity index (χ4n) is 1.72. The number of carboxylic acid groups (broad SMARTS) is 1. The van der Waals surface area contributed by atoms with Gasteiger partial charge < -0.3 is 9.90 Å². The molecule has 0 saturated carbocycles. The third-order valence-corrected chi connectivity index (χ3v) is 4.04. The number of carbonyl (C=O) groups excluding carboxylic acids is 2. The molecular formula is C13H12N2O3S2. The lowest BCUT2D eigenvalue weighted by Gasteiger charge is -2.14. The highest BCUT2D eigenvalue weighted by Gasteiger charge is 2.31. The van der Waals surface area contributed by atoms with Gasteiger partial charge in [-0.3, -0.25) is 9.69 Å². The lowest BCUT2D eigenvalue weighted by Crippen LogP contribution is -2.30. The molecular weight excluding hydrogens is 296 g/mol. The van der Waals surface area contributed by atoms with Gasteiger partial charge in [0.05, 0.1) is 4.91 Å². The van der Waals surface area contributed by atoms with Crippen LogP contribution in [0, 0.1) is 0 Å². The molecule has 0 unspecified atom stereocenters. The second kappa shape index (κ2) is 6.62. The normalized spacial score (nSPS) is 17.0. The van der Waals surface area contributed by atoms with Gasteiger partial charge in [0.1, 0.15) is 4.32 Å². The lowest BCUT2D eigenvalue weighted by atomic mass is 10.2. The maximum absolute atomic E-state index is 12.2. The maximum Gasteiger partial charge on any atom is 0.266 e.